The van der Waals surface area contributed by atoms with Crippen molar-refractivity contribution in [2.75, 3.05) is 20.2 Å². The summed E-state index contributed by atoms with van der Waals surface area (Å²) in [5.41, 5.74) is 0.00471. The fourth-order valence-corrected chi connectivity index (χ4v) is 4.47. The molecule has 1 heterocycles. The molecular formula is C14H26N2O. The predicted molar refractivity (Wildman–Crippen MR) is 69.0 cm³/mol. The van der Waals surface area contributed by atoms with E-state index in [0.717, 1.165) is 30.8 Å². The van der Waals surface area contributed by atoms with Crippen LogP contribution in [-0.4, -0.2) is 47.8 Å². The third-order valence-corrected chi connectivity index (χ3v) is 5.57. The lowest BCUT2D eigenvalue weighted by molar-refractivity contribution is 0.0488. The van der Waals surface area contributed by atoms with Gasteiger partial charge in [-0.3, -0.25) is 4.90 Å². The molecule has 2 aliphatic carbocycles. The SMILES string of the molecule is CNC1(CO)CCCC(N2CC3CCC2C3)C1. The molecular weight excluding hydrogens is 212 g/mol. The van der Waals surface area contributed by atoms with E-state index in [1.807, 2.05) is 7.05 Å². The van der Waals surface area contributed by atoms with E-state index in [9.17, 15) is 5.11 Å². The second-order valence-corrected chi connectivity index (χ2v) is 6.47. The highest BCUT2D eigenvalue weighted by Gasteiger charge is 2.44. The summed E-state index contributed by atoms with van der Waals surface area (Å²) in [6, 6.07) is 1.59. The van der Waals surface area contributed by atoms with Gasteiger partial charge >= 0.3 is 0 Å². The van der Waals surface area contributed by atoms with Gasteiger partial charge in [-0.25, -0.2) is 0 Å². The van der Waals surface area contributed by atoms with Crippen LogP contribution in [0.1, 0.15) is 44.9 Å². The fourth-order valence-electron chi connectivity index (χ4n) is 4.47. The molecule has 4 unspecified atom stereocenters. The van der Waals surface area contributed by atoms with Crippen LogP contribution in [0.15, 0.2) is 0 Å². The normalized spacial score (nSPS) is 46.6. The Kier molecular flexibility index (Phi) is 3.18. The Morgan fingerprint density at radius 1 is 1.29 bits per heavy atom. The van der Waals surface area contributed by atoms with Crippen LogP contribution in [0.25, 0.3) is 0 Å². The predicted octanol–water partition coefficient (Wildman–Crippen LogP) is 1.36. The number of nitrogens with zero attached hydrogens (tertiary/aromatic N) is 1. The van der Waals surface area contributed by atoms with E-state index in [1.54, 1.807) is 0 Å². The van der Waals surface area contributed by atoms with Gasteiger partial charge in [0.05, 0.1) is 6.61 Å². The van der Waals surface area contributed by atoms with E-state index in [-0.39, 0.29) is 5.54 Å². The van der Waals surface area contributed by atoms with Gasteiger partial charge in [0.1, 0.15) is 0 Å². The Morgan fingerprint density at radius 3 is 2.76 bits per heavy atom. The Balaban J connectivity index is 1.67. The van der Waals surface area contributed by atoms with Crippen LogP contribution < -0.4 is 5.32 Å². The largest absolute Gasteiger partial charge is 0.394 e. The maximum atomic E-state index is 9.65. The summed E-state index contributed by atoms with van der Waals surface area (Å²) in [5.74, 6) is 0.986. The van der Waals surface area contributed by atoms with Crippen molar-refractivity contribution in [1.29, 1.82) is 0 Å². The quantitative estimate of drug-likeness (QED) is 0.779. The summed E-state index contributed by atoms with van der Waals surface area (Å²) >= 11 is 0. The van der Waals surface area contributed by atoms with Gasteiger partial charge in [0.2, 0.25) is 0 Å². The molecule has 17 heavy (non-hydrogen) atoms. The first-order chi connectivity index (χ1) is 8.26. The first-order valence-electron chi connectivity index (χ1n) is 7.32. The highest BCUT2D eigenvalue weighted by Crippen LogP contribution is 2.42. The van der Waals surface area contributed by atoms with Crippen LogP contribution in [0.3, 0.4) is 0 Å². The van der Waals surface area contributed by atoms with Gasteiger partial charge in [-0.2, -0.15) is 0 Å². The zero-order valence-corrected chi connectivity index (χ0v) is 11.0. The van der Waals surface area contributed by atoms with Crippen molar-refractivity contribution in [1.82, 2.24) is 10.2 Å². The molecule has 3 fully saturated rings. The molecule has 1 saturated heterocycles. The average Bonchev–Trinajstić information content (AvgIpc) is 3.01. The molecule has 98 valence electrons. The number of piperidine rings is 1. The number of aliphatic hydroxyl groups is 1. The van der Waals surface area contributed by atoms with E-state index in [0.29, 0.717) is 6.61 Å². The molecule has 0 amide bonds. The zero-order valence-electron chi connectivity index (χ0n) is 11.0. The monoisotopic (exact) mass is 238 g/mol. The number of nitrogens with one attached hydrogen (secondary N) is 1. The highest BCUT2D eigenvalue weighted by atomic mass is 16.3. The number of hydrogen-bond acceptors (Lipinski definition) is 3. The molecule has 2 N–H and O–H groups in total. The maximum Gasteiger partial charge on any atom is 0.0613 e. The van der Waals surface area contributed by atoms with E-state index in [4.69, 9.17) is 0 Å². The molecule has 0 radical (unpaired) electrons. The van der Waals surface area contributed by atoms with Crippen LogP contribution in [0.2, 0.25) is 0 Å². The molecule has 2 bridgehead atoms. The van der Waals surface area contributed by atoms with Gasteiger partial charge in [-0.1, -0.05) is 0 Å². The Labute approximate surface area is 105 Å². The van der Waals surface area contributed by atoms with Crippen molar-refractivity contribution >= 4 is 0 Å². The van der Waals surface area contributed by atoms with Crippen LogP contribution in [0.5, 0.6) is 0 Å². The summed E-state index contributed by atoms with van der Waals surface area (Å²) in [6.07, 6.45) is 9.22. The molecule has 3 heteroatoms. The number of likely N-dealkylation sites (tertiary alicyclic amines) is 1. The molecule has 0 aromatic rings. The lowest BCUT2D eigenvalue weighted by Crippen LogP contribution is -2.55. The second kappa shape index (κ2) is 4.52. The van der Waals surface area contributed by atoms with Crippen LogP contribution in [0, 0.1) is 5.92 Å². The Bertz CT molecular complexity index is 277. The summed E-state index contributed by atoms with van der Waals surface area (Å²) in [4.78, 5) is 2.77. The molecule has 3 aliphatic rings. The summed E-state index contributed by atoms with van der Waals surface area (Å²) in [5, 5.41) is 13.0. The average molecular weight is 238 g/mol. The standard InChI is InChI=1S/C14H26N2O/c1-15-14(10-17)6-2-3-13(8-14)16-9-11-4-5-12(16)7-11/h11-13,15,17H,2-10H2,1H3. The Morgan fingerprint density at radius 2 is 2.18 bits per heavy atom. The summed E-state index contributed by atoms with van der Waals surface area (Å²) in [7, 11) is 2.01. The first kappa shape index (κ1) is 11.9. The molecule has 0 aromatic carbocycles. The Hall–Kier alpha value is -0.120. The molecule has 4 atom stereocenters. The number of aliphatic hydroxyl groups excluding tert-OH is 1. The first-order valence-corrected chi connectivity index (χ1v) is 7.32. The minimum Gasteiger partial charge on any atom is -0.394 e. The smallest absolute Gasteiger partial charge is 0.0613 e. The van der Waals surface area contributed by atoms with Crippen molar-refractivity contribution < 1.29 is 5.11 Å². The third kappa shape index (κ3) is 2.02. The van der Waals surface area contributed by atoms with Gasteiger partial charge in [0, 0.05) is 24.2 Å². The lowest BCUT2D eigenvalue weighted by atomic mass is 9.78. The van der Waals surface area contributed by atoms with Crippen molar-refractivity contribution in [2.24, 2.45) is 5.92 Å². The van der Waals surface area contributed by atoms with Gasteiger partial charge < -0.3 is 10.4 Å². The van der Waals surface area contributed by atoms with Crippen LogP contribution in [-0.2, 0) is 0 Å². The lowest BCUT2D eigenvalue weighted by Gasteiger charge is -2.45. The van der Waals surface area contributed by atoms with Gasteiger partial charge in [0.15, 0.2) is 0 Å². The molecule has 0 aromatic heterocycles. The minimum atomic E-state index is 0.00471. The van der Waals surface area contributed by atoms with Gasteiger partial charge in [-0.05, 0) is 57.9 Å². The topological polar surface area (TPSA) is 35.5 Å². The number of fused-ring (bicyclic) bond motifs is 2. The number of hydrogen-bond donors (Lipinski definition) is 2. The van der Waals surface area contributed by atoms with Crippen molar-refractivity contribution in [3.8, 4) is 0 Å². The maximum absolute atomic E-state index is 9.65. The third-order valence-electron chi connectivity index (χ3n) is 5.57. The van der Waals surface area contributed by atoms with E-state index < -0.39 is 0 Å². The number of likely N-dealkylation sites (N-methyl/N-ethyl adjacent to an activating group) is 1. The van der Waals surface area contributed by atoms with Crippen molar-refractivity contribution in [3.63, 3.8) is 0 Å². The summed E-state index contributed by atoms with van der Waals surface area (Å²) in [6.45, 7) is 1.63. The van der Waals surface area contributed by atoms with E-state index in [2.05, 4.69) is 10.2 Å². The van der Waals surface area contributed by atoms with Crippen LogP contribution in [0.4, 0.5) is 0 Å². The number of rotatable bonds is 3. The molecule has 3 nitrogen and oxygen atoms in total. The second-order valence-electron chi connectivity index (χ2n) is 6.47. The molecule has 3 rings (SSSR count). The van der Waals surface area contributed by atoms with Gasteiger partial charge in [-0.15, -0.1) is 0 Å². The molecule has 1 aliphatic heterocycles. The molecule has 2 saturated carbocycles. The zero-order chi connectivity index (χ0) is 11.9. The van der Waals surface area contributed by atoms with Crippen LogP contribution >= 0.6 is 0 Å². The molecule has 0 spiro atoms. The van der Waals surface area contributed by atoms with Gasteiger partial charge in [0.25, 0.3) is 0 Å². The highest BCUT2D eigenvalue weighted by molar-refractivity contribution is 5.01. The van der Waals surface area contributed by atoms with E-state index >= 15 is 0 Å². The summed E-state index contributed by atoms with van der Waals surface area (Å²) < 4.78 is 0. The fraction of sp³-hybridized carbons (Fsp3) is 1.00. The van der Waals surface area contributed by atoms with E-state index in [1.165, 1.54) is 38.6 Å². The van der Waals surface area contributed by atoms with Crippen molar-refractivity contribution in [3.05, 3.63) is 0 Å². The van der Waals surface area contributed by atoms with Crippen molar-refractivity contribution in [2.45, 2.75) is 62.6 Å². The minimum absolute atomic E-state index is 0.00471.